The fourth-order valence-electron chi connectivity index (χ4n) is 4.21. The van der Waals surface area contributed by atoms with E-state index in [4.69, 9.17) is 4.84 Å². The molecule has 1 aliphatic carbocycles. The molecule has 4 rings (SSSR count). The van der Waals surface area contributed by atoms with Crippen LogP contribution in [0.25, 0.3) is 0 Å². The van der Waals surface area contributed by atoms with Gasteiger partial charge in [0, 0.05) is 18.9 Å². The van der Waals surface area contributed by atoms with Crippen LogP contribution < -0.4 is 0 Å². The molecule has 0 N–H and O–H groups in total. The third-order valence-corrected chi connectivity index (χ3v) is 5.82. The normalized spacial score (nSPS) is 19.1. The molecule has 4 nitrogen and oxygen atoms in total. The number of carbonyl (C=O) groups is 1. The van der Waals surface area contributed by atoms with Gasteiger partial charge in [-0.15, -0.1) is 0 Å². The van der Waals surface area contributed by atoms with E-state index in [1.807, 2.05) is 23.1 Å². The molecule has 1 atom stereocenters. The van der Waals surface area contributed by atoms with Crippen LogP contribution in [0.1, 0.15) is 48.8 Å². The lowest BCUT2D eigenvalue weighted by atomic mass is 10.0. The van der Waals surface area contributed by atoms with E-state index in [1.165, 1.54) is 17.7 Å². The molecule has 5 heteroatoms. The van der Waals surface area contributed by atoms with Gasteiger partial charge in [-0.2, -0.15) is 0 Å². The second-order valence-corrected chi connectivity index (χ2v) is 8.17. The minimum absolute atomic E-state index is 0.0717. The SMILES string of the molecule is Cc1ccc(C2=NOC(CN(Cc3cccc(F)c3)C(=O)C3CCCC3)C2)cc1. The Hall–Kier alpha value is -2.69. The number of amides is 1. The first-order valence-electron chi connectivity index (χ1n) is 10.4. The average Bonchev–Trinajstić information content (AvgIpc) is 3.40. The maximum atomic E-state index is 13.6. The molecule has 1 heterocycles. The van der Waals surface area contributed by atoms with E-state index >= 15 is 0 Å². The van der Waals surface area contributed by atoms with Crippen molar-refractivity contribution in [2.45, 2.75) is 51.7 Å². The van der Waals surface area contributed by atoms with Gasteiger partial charge in [0.25, 0.3) is 0 Å². The van der Waals surface area contributed by atoms with Crippen LogP contribution in [-0.4, -0.2) is 29.2 Å². The Morgan fingerprint density at radius 2 is 1.93 bits per heavy atom. The van der Waals surface area contributed by atoms with Crippen LogP contribution in [0.2, 0.25) is 0 Å². The zero-order chi connectivity index (χ0) is 20.2. The van der Waals surface area contributed by atoms with Crippen LogP contribution in [0.3, 0.4) is 0 Å². The molecule has 1 unspecified atom stereocenters. The van der Waals surface area contributed by atoms with E-state index < -0.39 is 0 Å². The van der Waals surface area contributed by atoms with Gasteiger partial charge in [-0.3, -0.25) is 4.79 Å². The molecule has 2 aliphatic rings. The Bertz CT molecular complexity index is 888. The van der Waals surface area contributed by atoms with Crippen molar-refractivity contribution < 1.29 is 14.0 Å². The van der Waals surface area contributed by atoms with Gasteiger partial charge in [-0.05, 0) is 43.0 Å². The fourth-order valence-corrected chi connectivity index (χ4v) is 4.21. The number of carbonyl (C=O) groups excluding carboxylic acids is 1. The molecule has 1 aliphatic heterocycles. The molecule has 0 saturated heterocycles. The summed E-state index contributed by atoms with van der Waals surface area (Å²) >= 11 is 0. The molecular formula is C24H27FN2O2. The topological polar surface area (TPSA) is 41.9 Å². The molecule has 29 heavy (non-hydrogen) atoms. The predicted octanol–water partition coefficient (Wildman–Crippen LogP) is 4.85. The predicted molar refractivity (Wildman–Crippen MR) is 111 cm³/mol. The maximum absolute atomic E-state index is 13.6. The van der Waals surface area contributed by atoms with Crippen molar-refractivity contribution in [2.75, 3.05) is 6.54 Å². The Morgan fingerprint density at radius 3 is 2.66 bits per heavy atom. The Balaban J connectivity index is 1.45. The number of oxime groups is 1. The molecule has 0 aromatic heterocycles. The first-order valence-corrected chi connectivity index (χ1v) is 10.4. The van der Waals surface area contributed by atoms with Gasteiger partial charge in [0.15, 0.2) is 6.10 Å². The van der Waals surface area contributed by atoms with Crippen molar-refractivity contribution in [3.8, 4) is 0 Å². The highest BCUT2D eigenvalue weighted by molar-refractivity contribution is 6.01. The summed E-state index contributed by atoms with van der Waals surface area (Å²) in [5.74, 6) is -0.0560. The minimum Gasteiger partial charge on any atom is -0.390 e. The number of nitrogens with zero attached hydrogens (tertiary/aromatic N) is 2. The van der Waals surface area contributed by atoms with Gasteiger partial charge < -0.3 is 9.74 Å². The number of aryl methyl sites for hydroxylation is 1. The molecule has 1 saturated carbocycles. The van der Waals surface area contributed by atoms with Crippen LogP contribution >= 0.6 is 0 Å². The van der Waals surface area contributed by atoms with Crippen LogP contribution in [0.4, 0.5) is 4.39 Å². The number of hydrogen-bond donors (Lipinski definition) is 0. The van der Waals surface area contributed by atoms with E-state index in [0.29, 0.717) is 19.5 Å². The van der Waals surface area contributed by atoms with Crippen LogP contribution in [0.5, 0.6) is 0 Å². The summed E-state index contributed by atoms with van der Waals surface area (Å²) in [5.41, 5.74) is 3.97. The fraction of sp³-hybridized carbons (Fsp3) is 0.417. The van der Waals surface area contributed by atoms with Crippen molar-refractivity contribution in [3.63, 3.8) is 0 Å². The molecular weight excluding hydrogens is 367 g/mol. The molecule has 1 fully saturated rings. The van der Waals surface area contributed by atoms with Gasteiger partial charge in [0.1, 0.15) is 5.82 Å². The summed E-state index contributed by atoms with van der Waals surface area (Å²) in [4.78, 5) is 20.7. The number of hydrogen-bond acceptors (Lipinski definition) is 3. The molecule has 1 amide bonds. The highest BCUT2D eigenvalue weighted by Gasteiger charge is 2.31. The van der Waals surface area contributed by atoms with E-state index in [0.717, 1.165) is 42.5 Å². The first-order chi connectivity index (χ1) is 14.1. The zero-order valence-corrected chi connectivity index (χ0v) is 16.8. The van der Waals surface area contributed by atoms with Crippen molar-refractivity contribution in [1.82, 2.24) is 4.90 Å². The summed E-state index contributed by atoms with van der Waals surface area (Å²) in [6.07, 6.45) is 4.57. The van der Waals surface area contributed by atoms with Crippen molar-refractivity contribution in [3.05, 3.63) is 71.0 Å². The lowest BCUT2D eigenvalue weighted by Gasteiger charge is -2.27. The summed E-state index contributed by atoms with van der Waals surface area (Å²) < 4.78 is 13.6. The second-order valence-electron chi connectivity index (χ2n) is 8.17. The average molecular weight is 394 g/mol. The van der Waals surface area contributed by atoms with E-state index in [1.54, 1.807) is 6.07 Å². The highest BCUT2D eigenvalue weighted by atomic mass is 19.1. The first kappa shape index (κ1) is 19.6. The van der Waals surface area contributed by atoms with Crippen molar-refractivity contribution in [2.24, 2.45) is 11.1 Å². The monoisotopic (exact) mass is 394 g/mol. The van der Waals surface area contributed by atoms with Crippen LogP contribution in [0.15, 0.2) is 53.7 Å². The van der Waals surface area contributed by atoms with Crippen LogP contribution in [-0.2, 0) is 16.2 Å². The smallest absolute Gasteiger partial charge is 0.226 e. The van der Waals surface area contributed by atoms with E-state index in [-0.39, 0.29) is 23.7 Å². The number of halogens is 1. The zero-order valence-electron chi connectivity index (χ0n) is 16.8. The van der Waals surface area contributed by atoms with Gasteiger partial charge in [0.2, 0.25) is 5.91 Å². The second kappa shape index (κ2) is 8.76. The Morgan fingerprint density at radius 1 is 1.17 bits per heavy atom. The molecule has 0 radical (unpaired) electrons. The summed E-state index contributed by atoms with van der Waals surface area (Å²) in [6, 6.07) is 14.7. The van der Waals surface area contributed by atoms with Crippen LogP contribution in [0, 0.1) is 18.7 Å². The van der Waals surface area contributed by atoms with Crippen molar-refractivity contribution >= 4 is 11.6 Å². The molecule has 152 valence electrons. The molecule has 2 aromatic rings. The minimum atomic E-state index is -0.280. The third-order valence-electron chi connectivity index (χ3n) is 5.82. The molecule has 0 bridgehead atoms. The number of rotatable bonds is 6. The highest BCUT2D eigenvalue weighted by Crippen LogP contribution is 2.28. The van der Waals surface area contributed by atoms with Gasteiger partial charge in [-0.1, -0.05) is 60.0 Å². The molecule has 2 aromatic carbocycles. The quantitative estimate of drug-likeness (QED) is 0.703. The molecule has 0 spiro atoms. The third kappa shape index (κ3) is 4.84. The summed E-state index contributed by atoms with van der Waals surface area (Å²) in [5, 5.41) is 4.27. The summed E-state index contributed by atoms with van der Waals surface area (Å²) in [6.45, 7) is 2.91. The Labute approximate surface area is 171 Å². The van der Waals surface area contributed by atoms with Gasteiger partial charge >= 0.3 is 0 Å². The lowest BCUT2D eigenvalue weighted by molar-refractivity contribution is -0.137. The van der Waals surface area contributed by atoms with E-state index in [2.05, 4.69) is 24.2 Å². The van der Waals surface area contributed by atoms with Gasteiger partial charge in [0.05, 0.1) is 12.3 Å². The number of benzene rings is 2. The maximum Gasteiger partial charge on any atom is 0.226 e. The van der Waals surface area contributed by atoms with Gasteiger partial charge in [-0.25, -0.2) is 4.39 Å². The standard InChI is InChI=1S/C24H27FN2O2/c1-17-9-11-19(12-10-17)23-14-22(29-26-23)16-27(24(28)20-6-2-3-7-20)15-18-5-4-8-21(25)13-18/h4-5,8-13,20,22H,2-3,6-7,14-16H2,1H3. The Kier molecular flexibility index (Phi) is 5.93. The largest absolute Gasteiger partial charge is 0.390 e. The van der Waals surface area contributed by atoms with E-state index in [9.17, 15) is 9.18 Å². The summed E-state index contributed by atoms with van der Waals surface area (Å²) in [7, 11) is 0. The van der Waals surface area contributed by atoms with Crippen molar-refractivity contribution in [1.29, 1.82) is 0 Å². The lowest BCUT2D eigenvalue weighted by Crippen LogP contribution is -2.40.